The van der Waals surface area contributed by atoms with Crippen molar-refractivity contribution in [2.45, 2.75) is 26.7 Å². The van der Waals surface area contributed by atoms with E-state index in [1.807, 2.05) is 0 Å². The second-order valence-corrected chi connectivity index (χ2v) is 1.36. The Bertz CT molecular complexity index is 78.4. The molecule has 53 valence electrons. The number of carbonyl (C=O) groups is 2. The van der Waals surface area contributed by atoms with Crippen LogP contribution in [0.25, 0.3) is 0 Å². The van der Waals surface area contributed by atoms with Crippen molar-refractivity contribution in [3.8, 4) is 0 Å². The summed E-state index contributed by atoms with van der Waals surface area (Å²) in [6, 6.07) is 0. The highest BCUT2D eigenvalue weighted by Gasteiger charge is 1.91. The van der Waals surface area contributed by atoms with E-state index in [0.717, 1.165) is 6.29 Å². The first-order chi connectivity index (χ1) is 4.18. The topological polar surface area (TPSA) is 54.0 Å². The molecule has 0 bridgehead atoms. The van der Waals surface area contributed by atoms with E-state index in [2.05, 4.69) is 0 Å². The maximum absolute atomic E-state index is 9.49. The van der Waals surface area contributed by atoms with Gasteiger partial charge in [0.15, 0.2) is 0 Å². The molecule has 9 heavy (non-hydrogen) atoms. The van der Waals surface area contributed by atoms with E-state index in [0.29, 0.717) is 6.42 Å². The molecule has 0 atom stereocenters. The summed E-state index contributed by atoms with van der Waals surface area (Å²) in [5.74, 6) is -0.961. The molecule has 1 radical (unpaired) electrons. The van der Waals surface area contributed by atoms with E-state index >= 15 is 0 Å². The summed E-state index contributed by atoms with van der Waals surface area (Å²) in [4.78, 5) is 18.3. The molecule has 0 N–H and O–H groups in total. The van der Waals surface area contributed by atoms with Crippen LogP contribution in [0.1, 0.15) is 26.7 Å². The fourth-order valence-electron chi connectivity index (χ4n) is 0.204. The van der Waals surface area contributed by atoms with Crippen LogP contribution in [0.15, 0.2) is 0 Å². The Morgan fingerprint density at radius 2 is 1.89 bits per heavy atom. The molecule has 0 heterocycles. The molecule has 0 aliphatic heterocycles. The molecule has 0 unspecified atom stereocenters. The van der Waals surface area contributed by atoms with Gasteiger partial charge in [-0.15, -0.1) is 0 Å². The lowest BCUT2D eigenvalue weighted by Gasteiger charge is -1.75. The van der Waals surface area contributed by atoms with Gasteiger partial charge in [-0.1, -0.05) is 6.92 Å². The molecule has 0 rings (SSSR count). The van der Waals surface area contributed by atoms with Crippen molar-refractivity contribution < 1.29 is 14.7 Å². The third kappa shape index (κ3) is 41.2. The van der Waals surface area contributed by atoms with Crippen LogP contribution < -0.4 is 0 Å². The molecule has 0 aromatic rings. The Labute approximate surface area is 54.7 Å². The Kier molecular flexibility index (Phi) is 12.5. The largest absolute Gasteiger partial charge is 0.355 e. The van der Waals surface area contributed by atoms with E-state index in [1.54, 1.807) is 6.92 Å². The molecule has 0 saturated heterocycles. The molecule has 3 nitrogen and oxygen atoms in total. The van der Waals surface area contributed by atoms with Gasteiger partial charge in [0.05, 0.1) is 0 Å². The number of aldehydes is 1. The molecule has 0 spiro atoms. The first-order valence-corrected chi connectivity index (χ1v) is 2.78. The van der Waals surface area contributed by atoms with Gasteiger partial charge < -0.3 is 4.79 Å². The molecule has 3 heteroatoms. The van der Waals surface area contributed by atoms with Crippen molar-refractivity contribution in [3.05, 3.63) is 0 Å². The van der Waals surface area contributed by atoms with Crippen LogP contribution in [-0.2, 0) is 14.7 Å². The lowest BCUT2D eigenvalue weighted by atomic mass is 10.4. The number of rotatable bonds is 2. The van der Waals surface area contributed by atoms with Crippen LogP contribution in [0.4, 0.5) is 0 Å². The SMILES string of the molecule is CC=O.CCCC([O])=O. The Morgan fingerprint density at radius 1 is 1.56 bits per heavy atom. The minimum atomic E-state index is -0.961. The summed E-state index contributed by atoms with van der Waals surface area (Å²) in [5.41, 5.74) is 0. The van der Waals surface area contributed by atoms with Gasteiger partial charge in [-0.2, -0.15) is 0 Å². The van der Waals surface area contributed by atoms with Crippen molar-refractivity contribution in [1.82, 2.24) is 0 Å². The molecular formula is C6H11O3. The van der Waals surface area contributed by atoms with E-state index in [9.17, 15) is 9.90 Å². The monoisotopic (exact) mass is 131 g/mol. The van der Waals surface area contributed by atoms with Crippen molar-refractivity contribution >= 4 is 12.3 Å². The molecule has 0 aromatic carbocycles. The maximum Gasteiger partial charge on any atom is 0.355 e. The Balaban J connectivity index is 0. The van der Waals surface area contributed by atoms with Crippen molar-refractivity contribution in [2.24, 2.45) is 0 Å². The fourth-order valence-corrected chi connectivity index (χ4v) is 0.204. The van der Waals surface area contributed by atoms with Crippen molar-refractivity contribution in [3.63, 3.8) is 0 Å². The minimum Gasteiger partial charge on any atom is -0.304 e. The number of hydrogen-bond acceptors (Lipinski definition) is 2. The zero-order valence-corrected chi connectivity index (χ0v) is 5.72. The molecule has 0 aliphatic rings. The van der Waals surface area contributed by atoms with Gasteiger partial charge in [-0.25, -0.2) is 9.90 Å². The lowest BCUT2D eigenvalue weighted by Crippen LogP contribution is -1.87. The Morgan fingerprint density at radius 3 is 1.89 bits per heavy atom. The predicted molar refractivity (Wildman–Crippen MR) is 32.3 cm³/mol. The van der Waals surface area contributed by atoms with Gasteiger partial charge >= 0.3 is 5.97 Å². The normalized spacial score (nSPS) is 6.89. The van der Waals surface area contributed by atoms with E-state index in [1.165, 1.54) is 6.92 Å². The summed E-state index contributed by atoms with van der Waals surface area (Å²) in [6.07, 6.45) is 1.60. The predicted octanol–water partition coefficient (Wildman–Crippen LogP) is 0.949. The molecule has 0 aromatic heterocycles. The molecule has 0 fully saturated rings. The second kappa shape index (κ2) is 10.2. The van der Waals surface area contributed by atoms with E-state index in [-0.39, 0.29) is 6.42 Å². The summed E-state index contributed by atoms with van der Waals surface area (Å²) in [5, 5.41) is 9.49. The smallest absolute Gasteiger partial charge is 0.304 e. The average molecular weight is 131 g/mol. The average Bonchev–Trinajstić information content (AvgIpc) is 1.67. The highest BCUT2D eigenvalue weighted by Crippen LogP contribution is 1.82. The summed E-state index contributed by atoms with van der Waals surface area (Å²) in [6.45, 7) is 3.25. The van der Waals surface area contributed by atoms with Crippen LogP contribution in [0, 0.1) is 0 Å². The van der Waals surface area contributed by atoms with Crippen LogP contribution in [0.5, 0.6) is 0 Å². The van der Waals surface area contributed by atoms with Crippen LogP contribution >= 0.6 is 0 Å². The van der Waals surface area contributed by atoms with Gasteiger partial charge in [-0.3, -0.25) is 0 Å². The van der Waals surface area contributed by atoms with E-state index < -0.39 is 5.97 Å². The highest BCUT2D eigenvalue weighted by molar-refractivity contribution is 5.65. The summed E-state index contributed by atoms with van der Waals surface area (Å²) in [7, 11) is 0. The lowest BCUT2D eigenvalue weighted by molar-refractivity contribution is -0.143. The van der Waals surface area contributed by atoms with Gasteiger partial charge in [0, 0.05) is 6.42 Å². The van der Waals surface area contributed by atoms with Gasteiger partial charge in [0.25, 0.3) is 0 Å². The summed E-state index contributed by atoms with van der Waals surface area (Å²) < 4.78 is 0. The molecular weight excluding hydrogens is 120 g/mol. The second-order valence-electron chi connectivity index (χ2n) is 1.36. The van der Waals surface area contributed by atoms with Gasteiger partial charge in [0.1, 0.15) is 6.29 Å². The van der Waals surface area contributed by atoms with Crippen LogP contribution in [-0.4, -0.2) is 12.3 Å². The van der Waals surface area contributed by atoms with Crippen molar-refractivity contribution in [1.29, 1.82) is 0 Å². The standard InChI is InChI=1S/C4H7O2.C2H4O/c1-2-3-4(5)6;1-2-3/h2-3H2,1H3;2H,1H3. The van der Waals surface area contributed by atoms with E-state index in [4.69, 9.17) is 4.79 Å². The number of hydrogen-bond donors (Lipinski definition) is 0. The van der Waals surface area contributed by atoms with Crippen LogP contribution in [0.2, 0.25) is 0 Å². The summed E-state index contributed by atoms with van der Waals surface area (Å²) >= 11 is 0. The molecule has 0 aliphatic carbocycles. The third-order valence-electron chi connectivity index (χ3n) is 0.454. The van der Waals surface area contributed by atoms with Gasteiger partial charge in [-0.05, 0) is 13.3 Å². The maximum atomic E-state index is 9.49. The minimum absolute atomic E-state index is 0.181. The van der Waals surface area contributed by atoms with Gasteiger partial charge in [0.2, 0.25) is 0 Å². The van der Waals surface area contributed by atoms with Crippen molar-refractivity contribution in [2.75, 3.05) is 0 Å². The third-order valence-corrected chi connectivity index (χ3v) is 0.454. The number of carbonyl (C=O) groups excluding carboxylic acids is 2. The zero-order chi connectivity index (χ0) is 7.70. The first-order valence-electron chi connectivity index (χ1n) is 2.78. The fraction of sp³-hybridized carbons (Fsp3) is 0.667. The molecule has 0 saturated carbocycles. The highest BCUT2D eigenvalue weighted by atomic mass is 16.4. The van der Waals surface area contributed by atoms with Crippen LogP contribution in [0.3, 0.4) is 0 Å². The molecule has 0 amide bonds. The zero-order valence-electron chi connectivity index (χ0n) is 5.72. The Hall–Kier alpha value is -0.860. The quantitative estimate of drug-likeness (QED) is 0.524. The first kappa shape index (κ1) is 11.0.